The average Bonchev–Trinajstić information content (AvgIpc) is 2.43. The Hall–Kier alpha value is -1.14. The van der Waals surface area contributed by atoms with Crippen LogP contribution in [0.1, 0.15) is 15.5 Å². The number of hydrogen-bond acceptors (Lipinski definition) is 5. The van der Waals surface area contributed by atoms with Crippen molar-refractivity contribution >= 4 is 45.0 Å². The van der Waals surface area contributed by atoms with Crippen molar-refractivity contribution in [2.45, 2.75) is 6.92 Å². The molecule has 0 aliphatic carbocycles. The normalized spacial score (nSPS) is 10.7. The fourth-order valence-electron chi connectivity index (χ4n) is 1.14. The second kappa shape index (κ2) is 3.21. The number of aromatic nitrogens is 2. The molecule has 0 spiro atoms. The van der Waals surface area contributed by atoms with Crippen LogP contribution in [0.3, 0.4) is 0 Å². The Morgan fingerprint density at radius 2 is 2.36 bits per heavy atom. The van der Waals surface area contributed by atoms with E-state index in [-0.39, 0.29) is 5.12 Å². The lowest BCUT2D eigenvalue weighted by molar-refractivity contribution is 0.109. The van der Waals surface area contributed by atoms with Crippen LogP contribution in [0.2, 0.25) is 0 Å². The lowest BCUT2D eigenvalue weighted by Crippen LogP contribution is -1.92. The Morgan fingerprint density at radius 3 is 3.00 bits per heavy atom. The lowest BCUT2D eigenvalue weighted by atomic mass is 10.3. The van der Waals surface area contributed by atoms with Crippen molar-refractivity contribution in [1.29, 1.82) is 0 Å². The molecule has 0 aromatic carbocycles. The highest BCUT2D eigenvalue weighted by molar-refractivity contribution is 7.97. The van der Waals surface area contributed by atoms with Gasteiger partial charge >= 0.3 is 0 Å². The third-order valence-corrected chi connectivity index (χ3v) is 3.29. The Kier molecular flexibility index (Phi) is 2.16. The number of carbonyl (C=O) groups excluding carboxylic acids is 1. The minimum absolute atomic E-state index is 0.330. The van der Waals surface area contributed by atoms with Crippen molar-refractivity contribution in [3.63, 3.8) is 0 Å². The number of fused-ring (bicyclic) bond motifs is 1. The van der Waals surface area contributed by atoms with E-state index in [1.807, 2.05) is 0 Å². The van der Waals surface area contributed by atoms with Crippen LogP contribution in [0.15, 0.2) is 6.20 Å². The van der Waals surface area contributed by atoms with Gasteiger partial charge in [0.05, 0.1) is 11.1 Å². The van der Waals surface area contributed by atoms with Gasteiger partial charge in [-0.2, -0.15) is 0 Å². The number of thiophene rings is 1. The van der Waals surface area contributed by atoms with Gasteiger partial charge in [0.15, 0.2) is 0 Å². The Balaban J connectivity index is 2.79. The molecule has 2 aromatic heterocycles. The molecule has 4 nitrogen and oxygen atoms in total. The molecule has 0 aliphatic heterocycles. The summed E-state index contributed by atoms with van der Waals surface area (Å²) in [6.45, 7) is 1.79. The van der Waals surface area contributed by atoms with Crippen molar-refractivity contribution in [1.82, 2.24) is 9.97 Å². The number of nitrogens with two attached hydrogens (primary N) is 1. The van der Waals surface area contributed by atoms with Crippen molar-refractivity contribution in [2.75, 3.05) is 5.73 Å². The monoisotopic (exact) mass is 225 g/mol. The molecule has 0 aliphatic rings. The van der Waals surface area contributed by atoms with Crippen LogP contribution in [-0.4, -0.2) is 15.1 Å². The maximum atomic E-state index is 11.1. The fraction of sp³-hybridized carbons (Fsp3) is 0.125. The minimum atomic E-state index is -0.330. The van der Waals surface area contributed by atoms with Gasteiger partial charge in [0.25, 0.3) is 0 Å². The number of nitrogen functional groups attached to an aromatic ring is 1. The average molecular weight is 225 g/mol. The topological polar surface area (TPSA) is 68.9 Å². The van der Waals surface area contributed by atoms with Crippen molar-refractivity contribution in [2.24, 2.45) is 0 Å². The quantitative estimate of drug-likeness (QED) is 0.724. The molecular weight excluding hydrogens is 218 g/mol. The fourth-order valence-corrected chi connectivity index (χ4v) is 2.35. The molecule has 0 atom stereocenters. The molecule has 0 amide bonds. The zero-order valence-electron chi connectivity index (χ0n) is 7.31. The number of aryl methyl sites for hydroxylation is 1. The van der Waals surface area contributed by atoms with Gasteiger partial charge in [-0.1, -0.05) is 12.6 Å². The smallest absolute Gasteiger partial charge is 0.228 e. The van der Waals surface area contributed by atoms with E-state index in [0.717, 1.165) is 10.2 Å². The number of thiol groups is 1. The highest BCUT2D eigenvalue weighted by Gasteiger charge is 2.14. The number of carbonyl (C=O) groups is 1. The molecule has 72 valence electrons. The molecule has 2 aromatic rings. The Morgan fingerprint density at radius 1 is 1.64 bits per heavy atom. The zero-order valence-corrected chi connectivity index (χ0v) is 9.02. The van der Waals surface area contributed by atoms with E-state index in [1.54, 1.807) is 13.1 Å². The molecule has 2 N–H and O–H groups in total. The van der Waals surface area contributed by atoms with Gasteiger partial charge in [-0.05, 0) is 6.92 Å². The van der Waals surface area contributed by atoms with E-state index in [9.17, 15) is 4.79 Å². The van der Waals surface area contributed by atoms with E-state index in [0.29, 0.717) is 16.4 Å². The summed E-state index contributed by atoms with van der Waals surface area (Å²) in [6.07, 6.45) is 1.63. The molecule has 14 heavy (non-hydrogen) atoms. The first-order chi connectivity index (χ1) is 6.59. The van der Waals surface area contributed by atoms with Crippen LogP contribution in [-0.2, 0) is 0 Å². The molecule has 6 heteroatoms. The molecule has 2 rings (SSSR count). The highest BCUT2D eigenvalue weighted by Crippen LogP contribution is 2.32. The Bertz CT molecular complexity index is 521. The number of rotatable bonds is 1. The summed E-state index contributed by atoms with van der Waals surface area (Å²) >= 11 is 4.98. The maximum Gasteiger partial charge on any atom is 0.228 e. The van der Waals surface area contributed by atoms with Crippen molar-refractivity contribution in [3.05, 3.63) is 16.9 Å². The van der Waals surface area contributed by atoms with Gasteiger partial charge in [-0.15, -0.1) is 11.3 Å². The molecule has 0 saturated carbocycles. The summed E-state index contributed by atoms with van der Waals surface area (Å²) in [5.41, 5.74) is 6.17. The van der Waals surface area contributed by atoms with E-state index in [4.69, 9.17) is 5.73 Å². The molecule has 0 fully saturated rings. The van der Waals surface area contributed by atoms with E-state index >= 15 is 0 Å². The highest BCUT2D eigenvalue weighted by atomic mass is 32.1. The van der Waals surface area contributed by atoms with Gasteiger partial charge in [0.2, 0.25) is 5.12 Å². The lowest BCUT2D eigenvalue weighted by Gasteiger charge is -1.92. The summed E-state index contributed by atoms with van der Waals surface area (Å²) in [7, 11) is 0. The summed E-state index contributed by atoms with van der Waals surface area (Å²) in [6, 6.07) is 0. The van der Waals surface area contributed by atoms with E-state index < -0.39 is 0 Å². The SMILES string of the molecule is Cc1ncc2c(N)c(C(=O)S)sc2n1. The molecule has 0 radical (unpaired) electrons. The van der Waals surface area contributed by atoms with Crippen LogP contribution in [0.4, 0.5) is 5.69 Å². The number of hydrogen-bond donors (Lipinski definition) is 2. The third kappa shape index (κ3) is 1.36. The van der Waals surface area contributed by atoms with Gasteiger partial charge in [0, 0.05) is 6.20 Å². The Labute approximate surface area is 89.6 Å². The summed E-state index contributed by atoms with van der Waals surface area (Å²) in [5.74, 6) is 0.664. The number of anilines is 1. The summed E-state index contributed by atoms with van der Waals surface area (Å²) < 4.78 is 0. The third-order valence-electron chi connectivity index (χ3n) is 1.80. The predicted molar refractivity (Wildman–Crippen MR) is 59.9 cm³/mol. The summed E-state index contributed by atoms with van der Waals surface area (Å²) in [5, 5.41) is 0.390. The molecule has 0 bridgehead atoms. The molecule has 0 unspecified atom stereocenters. The minimum Gasteiger partial charge on any atom is -0.397 e. The van der Waals surface area contributed by atoms with Gasteiger partial charge in [-0.25, -0.2) is 9.97 Å². The van der Waals surface area contributed by atoms with Crippen molar-refractivity contribution < 1.29 is 4.79 Å². The van der Waals surface area contributed by atoms with E-state index in [1.165, 1.54) is 11.3 Å². The van der Waals surface area contributed by atoms with E-state index in [2.05, 4.69) is 22.6 Å². The van der Waals surface area contributed by atoms with Gasteiger partial charge < -0.3 is 5.73 Å². The van der Waals surface area contributed by atoms with Crippen LogP contribution in [0, 0.1) is 6.92 Å². The first kappa shape index (κ1) is 9.42. The van der Waals surface area contributed by atoms with Crippen LogP contribution >= 0.6 is 24.0 Å². The molecule has 2 heterocycles. The molecular formula is C8H7N3OS2. The standard InChI is InChI=1S/C8H7N3OS2/c1-3-10-2-4-5(9)6(8(12)13)14-7(4)11-3/h2H,9H2,1H3,(H,12,13). The van der Waals surface area contributed by atoms with Crippen LogP contribution < -0.4 is 5.73 Å². The largest absolute Gasteiger partial charge is 0.397 e. The van der Waals surface area contributed by atoms with Crippen molar-refractivity contribution in [3.8, 4) is 0 Å². The predicted octanol–water partition coefficient (Wildman–Crippen LogP) is 1.65. The first-order valence-electron chi connectivity index (χ1n) is 3.84. The second-order valence-corrected chi connectivity index (χ2v) is 4.19. The van der Waals surface area contributed by atoms with Gasteiger partial charge in [-0.3, -0.25) is 4.79 Å². The maximum absolute atomic E-state index is 11.1. The second-order valence-electron chi connectivity index (χ2n) is 2.79. The van der Waals surface area contributed by atoms with Crippen LogP contribution in [0.5, 0.6) is 0 Å². The molecule has 0 saturated heterocycles. The zero-order chi connectivity index (χ0) is 10.3. The number of nitrogens with zero attached hydrogens (tertiary/aromatic N) is 2. The first-order valence-corrected chi connectivity index (χ1v) is 5.11. The summed E-state index contributed by atoms with van der Waals surface area (Å²) in [4.78, 5) is 20.4. The van der Waals surface area contributed by atoms with Gasteiger partial charge in [0.1, 0.15) is 15.5 Å². The van der Waals surface area contributed by atoms with Crippen LogP contribution in [0.25, 0.3) is 10.2 Å².